The van der Waals surface area contributed by atoms with E-state index < -0.39 is 80.0 Å². The number of fused-ring (bicyclic) bond motifs is 3. The Kier molecular flexibility index (Phi) is 10.2. The third-order valence-electron chi connectivity index (χ3n) is 10.6. The third-order valence-corrected chi connectivity index (χ3v) is 12.4. The Morgan fingerprint density at radius 2 is 1.84 bits per heavy atom. The van der Waals surface area contributed by atoms with E-state index in [1.807, 2.05) is 4.90 Å². The van der Waals surface area contributed by atoms with E-state index in [2.05, 4.69) is 15.4 Å². The highest BCUT2D eigenvalue weighted by molar-refractivity contribution is 7.91. The number of carbonyl (C=O) groups is 4. The Morgan fingerprint density at radius 3 is 2.53 bits per heavy atom. The summed E-state index contributed by atoms with van der Waals surface area (Å²) in [7, 11) is -3.86. The van der Waals surface area contributed by atoms with Crippen molar-refractivity contribution in [2.45, 2.75) is 114 Å². The molecule has 17 heteroatoms. The van der Waals surface area contributed by atoms with Gasteiger partial charge in [0, 0.05) is 31.9 Å². The molecule has 0 bridgehead atoms. The van der Waals surface area contributed by atoms with Crippen molar-refractivity contribution in [2.75, 3.05) is 31.6 Å². The summed E-state index contributed by atoms with van der Waals surface area (Å²) in [5, 5.41) is 25.6. The standard InChI is InChI=1S/C34H48FN5O10S/c1-33(2,3)50-31(44)36-24-15-22-23(26(35)28(24)41)18-40(32(45)46)27(22)19-14-25-29(42)37-34(30(43)38-51(47,48)21-9-10-21)16-20(34)8-5-4-6-12-49-13-7-11-39(25)17-19/h15,19-21,25,27,41H,4-14,16-18H2,1-3H3,(H,36,44)(H,37,42)(H,38,43)(H,45,46)/t19-,20-,25+,27?,34-/m1/s1. The van der Waals surface area contributed by atoms with Crippen LogP contribution < -0.4 is 15.4 Å². The topological polar surface area (TPSA) is 204 Å². The molecule has 0 spiro atoms. The van der Waals surface area contributed by atoms with Gasteiger partial charge >= 0.3 is 12.2 Å². The summed E-state index contributed by atoms with van der Waals surface area (Å²) in [4.78, 5) is 55.9. The molecule has 51 heavy (non-hydrogen) atoms. The zero-order chi connectivity index (χ0) is 36.9. The molecule has 0 aromatic heterocycles. The van der Waals surface area contributed by atoms with Crippen LogP contribution in [0.25, 0.3) is 0 Å². The summed E-state index contributed by atoms with van der Waals surface area (Å²) in [6, 6.07) is -0.403. The number of sulfonamides is 1. The van der Waals surface area contributed by atoms with Crippen molar-refractivity contribution >= 4 is 39.7 Å². The van der Waals surface area contributed by atoms with Gasteiger partial charge in [-0.3, -0.25) is 29.4 Å². The van der Waals surface area contributed by atoms with E-state index in [-0.39, 0.29) is 42.2 Å². The van der Waals surface area contributed by atoms with E-state index in [0.29, 0.717) is 51.9 Å². The van der Waals surface area contributed by atoms with Crippen molar-refractivity contribution in [3.63, 3.8) is 0 Å². The molecule has 1 unspecified atom stereocenters. The first kappa shape index (κ1) is 37.1. The minimum atomic E-state index is -3.86. The molecule has 1 aromatic rings. The number of nitrogens with one attached hydrogen (secondary N) is 3. The second-order valence-corrected chi connectivity index (χ2v) is 17.5. The second-order valence-electron chi connectivity index (χ2n) is 15.5. The number of ether oxygens (including phenoxy) is 2. The molecule has 6 rings (SSSR count). The van der Waals surface area contributed by atoms with Gasteiger partial charge in [0.25, 0.3) is 5.91 Å². The van der Waals surface area contributed by atoms with Crippen LogP contribution in [0.2, 0.25) is 0 Å². The number of phenolic OH excluding ortho intramolecular Hbond substituents is 1. The molecule has 2 saturated carbocycles. The van der Waals surface area contributed by atoms with Gasteiger partial charge in [-0.05, 0) is 89.2 Å². The molecule has 4 amide bonds. The highest BCUT2D eigenvalue weighted by Gasteiger charge is 2.62. The monoisotopic (exact) mass is 737 g/mol. The van der Waals surface area contributed by atoms with Crippen molar-refractivity contribution < 1.29 is 51.7 Å². The maximum atomic E-state index is 15.7. The van der Waals surface area contributed by atoms with Gasteiger partial charge in [-0.1, -0.05) is 12.8 Å². The lowest BCUT2D eigenvalue weighted by Crippen LogP contribution is -2.56. The summed E-state index contributed by atoms with van der Waals surface area (Å²) < 4.78 is 54.5. The number of carbonyl (C=O) groups excluding carboxylic acids is 3. The molecule has 15 nitrogen and oxygen atoms in total. The van der Waals surface area contributed by atoms with Crippen molar-refractivity contribution in [1.82, 2.24) is 19.8 Å². The first-order chi connectivity index (χ1) is 24.0. The first-order valence-corrected chi connectivity index (χ1v) is 19.3. The fraction of sp³-hybridized carbons (Fsp3) is 0.706. The number of halogens is 1. The highest BCUT2D eigenvalue weighted by Crippen LogP contribution is 2.50. The van der Waals surface area contributed by atoms with Gasteiger partial charge in [0.1, 0.15) is 11.1 Å². The Bertz CT molecular complexity index is 1680. The number of aromatic hydroxyl groups is 1. The molecule has 4 fully saturated rings. The van der Waals surface area contributed by atoms with Crippen LogP contribution >= 0.6 is 0 Å². The molecule has 0 radical (unpaired) electrons. The van der Waals surface area contributed by atoms with E-state index in [0.717, 1.165) is 24.2 Å². The zero-order valence-corrected chi connectivity index (χ0v) is 30.0. The molecule has 5 aliphatic rings. The summed E-state index contributed by atoms with van der Waals surface area (Å²) in [5.41, 5.74) is -2.33. The van der Waals surface area contributed by atoms with Crippen molar-refractivity contribution in [3.8, 4) is 5.75 Å². The summed E-state index contributed by atoms with van der Waals surface area (Å²) >= 11 is 0. The van der Waals surface area contributed by atoms with Crippen LogP contribution in [-0.2, 0) is 35.6 Å². The molecule has 5 N–H and O–H groups in total. The molecular formula is C34H48FN5O10S. The number of anilines is 1. The number of nitrogens with zero attached hydrogens (tertiary/aromatic N) is 2. The van der Waals surface area contributed by atoms with E-state index >= 15 is 4.39 Å². The van der Waals surface area contributed by atoms with E-state index in [1.165, 1.54) is 6.07 Å². The number of carboxylic acid groups (broad SMARTS) is 1. The maximum absolute atomic E-state index is 15.7. The second kappa shape index (κ2) is 14.0. The predicted molar refractivity (Wildman–Crippen MR) is 181 cm³/mol. The molecule has 1 aromatic carbocycles. The van der Waals surface area contributed by atoms with Gasteiger partial charge in [0.15, 0.2) is 11.6 Å². The Balaban J connectivity index is 1.29. The van der Waals surface area contributed by atoms with Gasteiger partial charge in [0.05, 0.1) is 29.6 Å². The number of amides is 4. The number of hydrogen-bond acceptors (Lipinski definition) is 10. The van der Waals surface area contributed by atoms with Crippen molar-refractivity contribution in [1.29, 1.82) is 0 Å². The quantitative estimate of drug-likeness (QED) is 0.277. The van der Waals surface area contributed by atoms with E-state index in [4.69, 9.17) is 9.47 Å². The number of benzene rings is 1. The van der Waals surface area contributed by atoms with Crippen LogP contribution in [0.5, 0.6) is 5.75 Å². The van der Waals surface area contributed by atoms with E-state index in [1.54, 1.807) is 20.8 Å². The summed E-state index contributed by atoms with van der Waals surface area (Å²) in [6.07, 6.45) is 2.81. The van der Waals surface area contributed by atoms with Crippen LogP contribution in [0.1, 0.15) is 95.7 Å². The molecule has 282 valence electrons. The zero-order valence-electron chi connectivity index (χ0n) is 29.2. The minimum absolute atomic E-state index is 0.0368. The fourth-order valence-electron chi connectivity index (χ4n) is 7.85. The number of phenols is 1. The Morgan fingerprint density at radius 1 is 1.12 bits per heavy atom. The Labute approximate surface area is 296 Å². The summed E-state index contributed by atoms with van der Waals surface area (Å²) in [6.45, 7) is 6.22. The van der Waals surface area contributed by atoms with Crippen LogP contribution in [-0.4, -0.2) is 101 Å². The number of hydrogen-bond donors (Lipinski definition) is 5. The lowest BCUT2D eigenvalue weighted by Gasteiger charge is -2.28. The maximum Gasteiger partial charge on any atom is 0.412 e. The van der Waals surface area contributed by atoms with Crippen molar-refractivity contribution in [3.05, 3.63) is 23.0 Å². The minimum Gasteiger partial charge on any atom is -0.503 e. The molecule has 3 heterocycles. The smallest absolute Gasteiger partial charge is 0.412 e. The SMILES string of the molecule is CC(C)(C)OC(=O)Nc1cc2c(c(F)c1O)CN(C(=O)O)C2[C@@H]1C[C@H]2C(=O)N[C@]3(C(=O)NS(=O)(=O)C4CC4)C[C@H]3CCCCCOCCCN2C1. The molecular weight excluding hydrogens is 689 g/mol. The molecule has 5 atom stereocenters. The average Bonchev–Trinajstić information content (AvgIpc) is 3.93. The van der Waals surface area contributed by atoms with Gasteiger partial charge in [-0.15, -0.1) is 0 Å². The largest absolute Gasteiger partial charge is 0.503 e. The first-order valence-electron chi connectivity index (χ1n) is 17.7. The normalized spacial score (nSPS) is 29.0. The molecule has 2 saturated heterocycles. The fourth-order valence-corrected chi connectivity index (χ4v) is 9.21. The predicted octanol–water partition coefficient (Wildman–Crippen LogP) is 3.57. The van der Waals surface area contributed by atoms with E-state index in [9.17, 15) is 37.8 Å². The van der Waals surface area contributed by atoms with Gasteiger partial charge in [-0.2, -0.15) is 0 Å². The summed E-state index contributed by atoms with van der Waals surface area (Å²) in [5.74, 6) is -3.91. The van der Waals surface area contributed by atoms with Gasteiger partial charge in [-0.25, -0.2) is 22.4 Å². The third kappa shape index (κ3) is 7.89. The van der Waals surface area contributed by atoms with Gasteiger partial charge in [0.2, 0.25) is 15.9 Å². The number of rotatable bonds is 5. The van der Waals surface area contributed by atoms with Gasteiger partial charge < -0.3 is 25.0 Å². The van der Waals surface area contributed by atoms with Crippen LogP contribution in [0, 0.1) is 17.7 Å². The average molecular weight is 738 g/mol. The molecule has 2 aliphatic carbocycles. The van der Waals surface area contributed by atoms with Crippen LogP contribution in [0.4, 0.5) is 19.7 Å². The lowest BCUT2D eigenvalue weighted by molar-refractivity contribution is -0.132. The van der Waals surface area contributed by atoms with Crippen LogP contribution in [0.15, 0.2) is 6.07 Å². The highest BCUT2D eigenvalue weighted by atomic mass is 32.2. The molecule has 3 aliphatic heterocycles. The van der Waals surface area contributed by atoms with Crippen LogP contribution in [0.3, 0.4) is 0 Å². The van der Waals surface area contributed by atoms with Crippen molar-refractivity contribution in [2.24, 2.45) is 11.8 Å². The lowest BCUT2D eigenvalue weighted by atomic mass is 9.89. The Hall–Kier alpha value is -3.70.